The van der Waals surface area contributed by atoms with Crippen LogP contribution in [-0.2, 0) is 14.3 Å². The minimum atomic E-state index is -0.681. The van der Waals surface area contributed by atoms with Crippen LogP contribution in [0.15, 0.2) is 24.3 Å². The van der Waals surface area contributed by atoms with E-state index in [1.807, 2.05) is 31.2 Å². The van der Waals surface area contributed by atoms with Crippen molar-refractivity contribution < 1.29 is 14.3 Å². The second kappa shape index (κ2) is 6.23. The lowest BCUT2D eigenvalue weighted by Gasteiger charge is -1.92. The number of rotatable bonds is 7. The van der Waals surface area contributed by atoms with Crippen LogP contribution in [0.4, 0.5) is 0 Å². The molecule has 0 unspecified atom stereocenters. The molecule has 0 saturated carbocycles. The van der Waals surface area contributed by atoms with Crippen LogP contribution in [0.2, 0.25) is 0 Å². The summed E-state index contributed by atoms with van der Waals surface area (Å²) in [6, 6.07) is 0. The van der Waals surface area contributed by atoms with Gasteiger partial charge in [0.2, 0.25) is 5.91 Å². The number of carbonyl (C=O) groups is 2. The van der Waals surface area contributed by atoms with Gasteiger partial charge in [0, 0.05) is 6.42 Å². The summed E-state index contributed by atoms with van der Waals surface area (Å²) in [6.07, 6.45) is 8.68. The normalized spacial score (nSPS) is 24.1. The number of amides is 1. The van der Waals surface area contributed by atoms with E-state index in [2.05, 4.69) is 0 Å². The highest BCUT2D eigenvalue weighted by Crippen LogP contribution is 2.24. The van der Waals surface area contributed by atoms with Crippen molar-refractivity contribution in [1.29, 1.82) is 0 Å². The van der Waals surface area contributed by atoms with Crippen molar-refractivity contribution in [3.05, 3.63) is 24.3 Å². The monoisotopic (exact) mass is 223 g/mol. The summed E-state index contributed by atoms with van der Waals surface area (Å²) in [4.78, 5) is 22.1. The molecule has 2 atom stereocenters. The Labute approximate surface area is 95.1 Å². The van der Waals surface area contributed by atoms with E-state index in [-0.39, 0.29) is 5.78 Å². The lowest BCUT2D eigenvalue weighted by Crippen LogP contribution is -2.22. The van der Waals surface area contributed by atoms with Gasteiger partial charge in [0.15, 0.2) is 18.0 Å². The number of allylic oxidation sites excluding steroid dienone is 4. The maximum atomic E-state index is 11.4. The van der Waals surface area contributed by atoms with Crippen molar-refractivity contribution in [3.63, 3.8) is 0 Å². The molecule has 4 heteroatoms. The first-order valence-electron chi connectivity index (χ1n) is 5.40. The summed E-state index contributed by atoms with van der Waals surface area (Å²) < 4.78 is 4.88. The van der Waals surface area contributed by atoms with Crippen LogP contribution in [-0.4, -0.2) is 23.9 Å². The molecular formula is C12H17NO3. The Morgan fingerprint density at radius 3 is 2.56 bits per heavy atom. The molecule has 1 fully saturated rings. The van der Waals surface area contributed by atoms with Crippen molar-refractivity contribution in [2.45, 2.75) is 38.4 Å². The molecule has 2 N–H and O–H groups in total. The van der Waals surface area contributed by atoms with Crippen molar-refractivity contribution in [2.75, 3.05) is 0 Å². The van der Waals surface area contributed by atoms with Gasteiger partial charge in [-0.05, 0) is 19.8 Å². The number of Topliss-reactive ketones (excluding diaryl/α,β-unsaturated/α-hetero) is 1. The predicted molar refractivity (Wildman–Crippen MR) is 60.7 cm³/mol. The topological polar surface area (TPSA) is 72.7 Å². The first kappa shape index (κ1) is 12.6. The van der Waals surface area contributed by atoms with E-state index in [0.29, 0.717) is 12.8 Å². The minimum absolute atomic E-state index is 0.0421. The second-order valence-electron chi connectivity index (χ2n) is 3.66. The van der Waals surface area contributed by atoms with Crippen molar-refractivity contribution in [1.82, 2.24) is 0 Å². The Kier molecular flexibility index (Phi) is 4.92. The third-order valence-electron chi connectivity index (χ3n) is 2.32. The molecule has 0 aromatic rings. The molecule has 0 aliphatic carbocycles. The molecule has 88 valence electrons. The molecule has 1 aliphatic rings. The summed E-state index contributed by atoms with van der Waals surface area (Å²) in [5, 5.41) is 0. The number of ketones is 1. The average molecular weight is 223 g/mol. The van der Waals surface area contributed by atoms with Gasteiger partial charge in [0.25, 0.3) is 0 Å². The number of hydrogen-bond donors (Lipinski definition) is 1. The molecule has 1 saturated heterocycles. The highest BCUT2D eigenvalue weighted by molar-refractivity contribution is 5.95. The Morgan fingerprint density at radius 2 is 2.00 bits per heavy atom. The van der Waals surface area contributed by atoms with Gasteiger partial charge >= 0.3 is 0 Å². The van der Waals surface area contributed by atoms with Crippen LogP contribution in [0.3, 0.4) is 0 Å². The summed E-state index contributed by atoms with van der Waals surface area (Å²) in [6.45, 7) is 1.96. The minimum Gasteiger partial charge on any atom is -0.367 e. The predicted octanol–water partition coefficient (Wildman–Crippen LogP) is 1.11. The largest absolute Gasteiger partial charge is 0.367 e. The van der Waals surface area contributed by atoms with E-state index in [1.165, 1.54) is 0 Å². The van der Waals surface area contributed by atoms with Gasteiger partial charge < -0.3 is 10.5 Å². The Hall–Kier alpha value is -1.42. The van der Waals surface area contributed by atoms with E-state index >= 15 is 0 Å². The SMILES string of the molecule is CC=CCC=CCCC(=O)[C@H]1O[C@H]1C(N)=O. The van der Waals surface area contributed by atoms with Gasteiger partial charge in [-0.15, -0.1) is 0 Å². The van der Waals surface area contributed by atoms with Gasteiger partial charge in [0.05, 0.1) is 0 Å². The van der Waals surface area contributed by atoms with Gasteiger partial charge in [0.1, 0.15) is 0 Å². The van der Waals surface area contributed by atoms with E-state index < -0.39 is 18.1 Å². The van der Waals surface area contributed by atoms with Crippen LogP contribution >= 0.6 is 0 Å². The van der Waals surface area contributed by atoms with E-state index in [1.54, 1.807) is 0 Å². The number of carbonyl (C=O) groups excluding carboxylic acids is 2. The van der Waals surface area contributed by atoms with Gasteiger partial charge in [-0.2, -0.15) is 0 Å². The Morgan fingerprint density at radius 1 is 1.25 bits per heavy atom. The number of epoxide rings is 1. The van der Waals surface area contributed by atoms with E-state index in [9.17, 15) is 9.59 Å². The van der Waals surface area contributed by atoms with Crippen LogP contribution in [0, 0.1) is 0 Å². The van der Waals surface area contributed by atoms with E-state index in [4.69, 9.17) is 10.5 Å². The molecule has 0 radical (unpaired) electrons. The highest BCUT2D eigenvalue weighted by Gasteiger charge is 2.48. The van der Waals surface area contributed by atoms with Crippen molar-refractivity contribution in [3.8, 4) is 0 Å². The van der Waals surface area contributed by atoms with Crippen molar-refractivity contribution >= 4 is 11.7 Å². The smallest absolute Gasteiger partial charge is 0.249 e. The summed E-state index contributed by atoms with van der Waals surface area (Å²) in [5.74, 6) is -0.596. The number of nitrogens with two attached hydrogens (primary N) is 1. The Balaban J connectivity index is 2.12. The number of hydrogen-bond acceptors (Lipinski definition) is 3. The van der Waals surface area contributed by atoms with E-state index in [0.717, 1.165) is 6.42 Å². The molecule has 0 aromatic heterocycles. The molecule has 1 rings (SSSR count). The third-order valence-corrected chi connectivity index (χ3v) is 2.32. The summed E-state index contributed by atoms with van der Waals surface area (Å²) in [5.41, 5.74) is 5.00. The van der Waals surface area contributed by atoms with Crippen LogP contribution in [0.5, 0.6) is 0 Å². The van der Waals surface area contributed by atoms with Gasteiger partial charge in [-0.25, -0.2) is 0 Å². The zero-order valence-electron chi connectivity index (χ0n) is 9.39. The fourth-order valence-corrected chi connectivity index (χ4v) is 1.37. The quantitative estimate of drug-likeness (QED) is 0.519. The maximum Gasteiger partial charge on any atom is 0.249 e. The average Bonchev–Trinajstić information content (AvgIpc) is 3.02. The fraction of sp³-hybridized carbons (Fsp3) is 0.500. The first-order chi connectivity index (χ1) is 7.66. The zero-order chi connectivity index (χ0) is 12.0. The lowest BCUT2D eigenvalue weighted by molar-refractivity contribution is -0.121. The summed E-state index contributed by atoms with van der Waals surface area (Å²) in [7, 11) is 0. The molecule has 0 aromatic carbocycles. The molecule has 1 aliphatic heterocycles. The molecular weight excluding hydrogens is 206 g/mol. The lowest BCUT2D eigenvalue weighted by atomic mass is 10.1. The van der Waals surface area contributed by atoms with Crippen LogP contribution < -0.4 is 5.73 Å². The van der Waals surface area contributed by atoms with Crippen LogP contribution in [0.1, 0.15) is 26.2 Å². The highest BCUT2D eigenvalue weighted by atomic mass is 16.6. The first-order valence-corrected chi connectivity index (χ1v) is 5.40. The third kappa shape index (κ3) is 3.98. The van der Waals surface area contributed by atoms with Gasteiger partial charge in [-0.1, -0.05) is 24.3 Å². The number of primary amides is 1. The molecule has 1 heterocycles. The van der Waals surface area contributed by atoms with Crippen molar-refractivity contribution in [2.24, 2.45) is 5.73 Å². The molecule has 0 bridgehead atoms. The second-order valence-corrected chi connectivity index (χ2v) is 3.66. The molecule has 4 nitrogen and oxygen atoms in total. The molecule has 0 spiro atoms. The standard InChI is InChI=1S/C12H17NO3/c1-2-3-4-5-6-7-8-9(14)10-11(16-10)12(13)15/h2-3,5-6,10-11H,4,7-8H2,1H3,(H2,13,15)/t10-,11-/m1/s1. The number of ether oxygens (including phenoxy) is 1. The van der Waals surface area contributed by atoms with Crippen LogP contribution in [0.25, 0.3) is 0 Å². The Bertz CT molecular complexity index is 320. The van der Waals surface area contributed by atoms with Gasteiger partial charge in [-0.3, -0.25) is 9.59 Å². The maximum absolute atomic E-state index is 11.4. The molecule has 16 heavy (non-hydrogen) atoms. The summed E-state index contributed by atoms with van der Waals surface area (Å²) >= 11 is 0. The fourth-order valence-electron chi connectivity index (χ4n) is 1.37. The molecule has 1 amide bonds. The zero-order valence-corrected chi connectivity index (χ0v) is 9.39.